The molecule has 0 aliphatic rings. The summed E-state index contributed by atoms with van der Waals surface area (Å²) in [6.45, 7) is 4.00. The summed E-state index contributed by atoms with van der Waals surface area (Å²) in [4.78, 5) is 41.4. The first kappa shape index (κ1) is 23.2. The minimum Gasteiger partial charge on any atom is -0.319 e. The number of fused-ring (bicyclic) bond motifs is 1. The summed E-state index contributed by atoms with van der Waals surface area (Å²) in [5.41, 5.74) is 3.00. The quantitative estimate of drug-likeness (QED) is 0.180. The number of nitrogens with zero attached hydrogens (tertiary/aromatic N) is 3. The molecular formula is C25H22N4O4S. The summed E-state index contributed by atoms with van der Waals surface area (Å²) in [7, 11) is 0. The van der Waals surface area contributed by atoms with Gasteiger partial charge in [-0.25, -0.2) is 4.98 Å². The average molecular weight is 475 g/mol. The van der Waals surface area contributed by atoms with Crippen LogP contribution in [-0.4, -0.2) is 26.1 Å². The van der Waals surface area contributed by atoms with Gasteiger partial charge in [0.05, 0.1) is 28.1 Å². The van der Waals surface area contributed by atoms with Crippen LogP contribution in [0.4, 0.5) is 11.4 Å². The summed E-state index contributed by atoms with van der Waals surface area (Å²) < 4.78 is 1.56. The van der Waals surface area contributed by atoms with E-state index in [1.807, 2.05) is 31.2 Å². The van der Waals surface area contributed by atoms with Crippen LogP contribution >= 0.6 is 11.8 Å². The number of nitrogens with one attached hydrogen (secondary N) is 1. The first-order valence-corrected chi connectivity index (χ1v) is 11.5. The van der Waals surface area contributed by atoms with Crippen molar-refractivity contribution in [2.24, 2.45) is 0 Å². The van der Waals surface area contributed by atoms with E-state index in [9.17, 15) is 19.7 Å². The van der Waals surface area contributed by atoms with Crippen molar-refractivity contribution in [3.63, 3.8) is 0 Å². The number of hydrogen-bond donors (Lipinski definition) is 1. The third kappa shape index (κ3) is 4.99. The van der Waals surface area contributed by atoms with Crippen LogP contribution in [0.5, 0.6) is 0 Å². The van der Waals surface area contributed by atoms with E-state index in [0.717, 1.165) is 22.9 Å². The molecule has 0 fully saturated rings. The maximum absolute atomic E-state index is 13.3. The Kier molecular flexibility index (Phi) is 6.74. The zero-order chi connectivity index (χ0) is 24.2. The number of carbonyl (C=O) groups excluding carboxylic acids is 1. The highest BCUT2D eigenvalue weighted by Gasteiger charge is 2.19. The third-order valence-corrected chi connectivity index (χ3v) is 6.31. The van der Waals surface area contributed by atoms with Gasteiger partial charge in [-0.05, 0) is 37.1 Å². The van der Waals surface area contributed by atoms with Crippen molar-refractivity contribution in [1.82, 2.24) is 9.55 Å². The van der Waals surface area contributed by atoms with E-state index in [1.54, 1.807) is 47.9 Å². The molecule has 0 unspecified atom stereocenters. The molecule has 0 saturated heterocycles. The molecule has 1 N–H and O–H groups in total. The predicted molar refractivity (Wildman–Crippen MR) is 133 cm³/mol. The minimum absolute atomic E-state index is 0.0653. The van der Waals surface area contributed by atoms with Crippen molar-refractivity contribution >= 4 is 39.9 Å². The Labute approximate surface area is 199 Å². The Morgan fingerprint density at radius 2 is 1.79 bits per heavy atom. The molecule has 3 aromatic carbocycles. The molecule has 0 spiro atoms. The highest BCUT2D eigenvalue weighted by Crippen LogP contribution is 2.28. The second-order valence-electron chi connectivity index (χ2n) is 7.85. The van der Waals surface area contributed by atoms with Crippen molar-refractivity contribution in [1.29, 1.82) is 0 Å². The van der Waals surface area contributed by atoms with Gasteiger partial charge in [-0.3, -0.25) is 24.3 Å². The lowest BCUT2D eigenvalue weighted by Crippen LogP contribution is -2.25. The highest BCUT2D eigenvalue weighted by molar-refractivity contribution is 7.99. The van der Waals surface area contributed by atoms with Crippen molar-refractivity contribution in [2.75, 3.05) is 11.1 Å². The molecule has 0 aliphatic heterocycles. The third-order valence-electron chi connectivity index (χ3n) is 5.33. The lowest BCUT2D eigenvalue weighted by Gasteiger charge is -2.14. The van der Waals surface area contributed by atoms with Crippen LogP contribution in [0.2, 0.25) is 0 Å². The molecule has 1 heterocycles. The number of anilines is 1. The molecular weight excluding hydrogens is 452 g/mol. The van der Waals surface area contributed by atoms with E-state index >= 15 is 0 Å². The number of thioether (sulfide) groups is 1. The van der Waals surface area contributed by atoms with Crippen LogP contribution in [0, 0.1) is 24.0 Å². The van der Waals surface area contributed by atoms with Crippen LogP contribution in [0.1, 0.15) is 16.7 Å². The molecule has 1 amide bonds. The molecule has 0 radical (unpaired) electrons. The monoisotopic (exact) mass is 474 g/mol. The van der Waals surface area contributed by atoms with E-state index in [0.29, 0.717) is 28.2 Å². The second-order valence-corrected chi connectivity index (χ2v) is 8.79. The summed E-state index contributed by atoms with van der Waals surface area (Å²) in [6, 6.07) is 19.6. The first-order valence-electron chi connectivity index (χ1n) is 10.6. The number of rotatable bonds is 7. The van der Waals surface area contributed by atoms with Crippen LogP contribution in [0.3, 0.4) is 0 Å². The van der Waals surface area contributed by atoms with Crippen molar-refractivity contribution in [2.45, 2.75) is 25.5 Å². The summed E-state index contributed by atoms with van der Waals surface area (Å²) in [6.07, 6.45) is 0. The van der Waals surface area contributed by atoms with Crippen molar-refractivity contribution in [3.8, 4) is 0 Å². The Hall–Kier alpha value is -3.98. The average Bonchev–Trinajstić information content (AvgIpc) is 2.82. The van der Waals surface area contributed by atoms with Gasteiger partial charge >= 0.3 is 0 Å². The fourth-order valence-electron chi connectivity index (χ4n) is 3.55. The fraction of sp³-hybridized carbons (Fsp3) is 0.160. The number of para-hydroxylation sites is 2. The van der Waals surface area contributed by atoms with Gasteiger partial charge in [0.1, 0.15) is 5.69 Å². The molecule has 0 bridgehead atoms. The number of nitro benzene ring substituents is 1. The molecule has 4 rings (SSSR count). The minimum atomic E-state index is -0.528. The van der Waals surface area contributed by atoms with E-state index in [4.69, 9.17) is 0 Å². The molecule has 172 valence electrons. The largest absolute Gasteiger partial charge is 0.319 e. The molecule has 34 heavy (non-hydrogen) atoms. The number of aromatic nitrogens is 2. The molecule has 0 atom stereocenters. The van der Waals surface area contributed by atoms with Crippen LogP contribution < -0.4 is 10.9 Å². The second kappa shape index (κ2) is 9.88. The molecule has 1 aromatic heterocycles. The van der Waals surface area contributed by atoms with Crippen LogP contribution in [-0.2, 0) is 11.3 Å². The van der Waals surface area contributed by atoms with Crippen molar-refractivity contribution in [3.05, 3.63) is 104 Å². The van der Waals surface area contributed by atoms with Gasteiger partial charge in [-0.1, -0.05) is 65.9 Å². The Morgan fingerprint density at radius 3 is 2.53 bits per heavy atom. The fourth-order valence-corrected chi connectivity index (χ4v) is 4.34. The van der Waals surface area contributed by atoms with Gasteiger partial charge in [-0.2, -0.15) is 0 Å². The summed E-state index contributed by atoms with van der Waals surface area (Å²) >= 11 is 1.12. The molecule has 4 aromatic rings. The topological polar surface area (TPSA) is 107 Å². The molecule has 0 aliphatic carbocycles. The standard InChI is InChI=1S/C25H22N4O4S/c1-16-10-12-18(13-11-16)14-28-24(31)19-7-3-4-8-20(19)26-25(28)34-15-22(30)27-23-17(2)6-5-9-21(23)29(32)33/h3-13H,14-15H2,1-2H3,(H,27,30). The summed E-state index contributed by atoms with van der Waals surface area (Å²) in [5.74, 6) is -0.490. The number of hydrogen-bond acceptors (Lipinski definition) is 6. The first-order chi connectivity index (χ1) is 16.3. The zero-order valence-electron chi connectivity index (χ0n) is 18.6. The number of carbonyl (C=O) groups is 1. The Bertz CT molecular complexity index is 1450. The number of amides is 1. The van der Waals surface area contributed by atoms with Gasteiger partial charge in [0.25, 0.3) is 11.2 Å². The number of aryl methyl sites for hydroxylation is 2. The predicted octanol–water partition coefficient (Wildman–Crippen LogP) is 4.70. The number of nitro groups is 1. The smallest absolute Gasteiger partial charge is 0.293 e. The maximum Gasteiger partial charge on any atom is 0.293 e. The molecule has 8 nitrogen and oxygen atoms in total. The van der Waals surface area contributed by atoms with Crippen LogP contribution in [0.15, 0.2) is 76.7 Å². The van der Waals surface area contributed by atoms with Gasteiger partial charge in [0.15, 0.2) is 5.16 Å². The highest BCUT2D eigenvalue weighted by atomic mass is 32.2. The van der Waals surface area contributed by atoms with Gasteiger partial charge < -0.3 is 5.32 Å². The zero-order valence-corrected chi connectivity index (χ0v) is 19.5. The lowest BCUT2D eigenvalue weighted by atomic mass is 10.1. The Morgan fingerprint density at radius 1 is 1.06 bits per heavy atom. The van der Waals surface area contributed by atoms with Crippen molar-refractivity contribution < 1.29 is 9.72 Å². The molecule has 9 heteroatoms. The van der Waals surface area contributed by atoms with Gasteiger partial charge in [0, 0.05) is 6.07 Å². The van der Waals surface area contributed by atoms with E-state index in [1.165, 1.54) is 6.07 Å². The van der Waals surface area contributed by atoms with E-state index < -0.39 is 10.8 Å². The SMILES string of the molecule is Cc1ccc(Cn2c(SCC(=O)Nc3c(C)cccc3[N+](=O)[O-])nc3ccccc3c2=O)cc1. The van der Waals surface area contributed by atoms with E-state index in [-0.39, 0.29) is 22.7 Å². The summed E-state index contributed by atoms with van der Waals surface area (Å²) in [5, 5.41) is 14.9. The number of benzene rings is 3. The lowest BCUT2D eigenvalue weighted by molar-refractivity contribution is -0.384. The maximum atomic E-state index is 13.3. The van der Waals surface area contributed by atoms with E-state index in [2.05, 4.69) is 10.3 Å². The van der Waals surface area contributed by atoms with Gasteiger partial charge in [0.2, 0.25) is 5.91 Å². The Balaban J connectivity index is 1.62. The van der Waals surface area contributed by atoms with Crippen LogP contribution in [0.25, 0.3) is 10.9 Å². The normalized spacial score (nSPS) is 10.9. The van der Waals surface area contributed by atoms with Gasteiger partial charge in [-0.15, -0.1) is 0 Å². The molecule has 0 saturated carbocycles.